The van der Waals surface area contributed by atoms with Crippen LogP contribution >= 0.6 is 34.2 Å². The van der Waals surface area contributed by atoms with Gasteiger partial charge in [-0.1, -0.05) is 24.4 Å². The van der Waals surface area contributed by atoms with Crippen LogP contribution in [0, 0.1) is 3.57 Å². The lowest BCUT2D eigenvalue weighted by atomic mass is 10.2. The van der Waals surface area contributed by atoms with E-state index in [0.29, 0.717) is 16.3 Å². The zero-order valence-corrected chi connectivity index (χ0v) is 13.5. The molecule has 1 aliphatic rings. The molecule has 1 amide bonds. The Morgan fingerprint density at radius 2 is 2.11 bits per heavy atom. The SMILES string of the molecule is COc1cc(I)c(Cl)cc1C(=O)NOC1CCCC1. The van der Waals surface area contributed by atoms with E-state index in [2.05, 4.69) is 28.1 Å². The zero-order valence-electron chi connectivity index (χ0n) is 10.5. The first-order valence-corrected chi connectivity index (χ1v) is 7.56. The molecule has 0 heterocycles. The van der Waals surface area contributed by atoms with Gasteiger partial charge in [0.1, 0.15) is 5.75 Å². The van der Waals surface area contributed by atoms with Gasteiger partial charge in [0, 0.05) is 3.57 Å². The van der Waals surface area contributed by atoms with E-state index < -0.39 is 0 Å². The van der Waals surface area contributed by atoms with Crippen molar-refractivity contribution in [2.75, 3.05) is 7.11 Å². The Hall–Kier alpha value is -0.530. The van der Waals surface area contributed by atoms with Crippen LogP contribution in [0.25, 0.3) is 0 Å². The Labute approximate surface area is 130 Å². The molecule has 104 valence electrons. The van der Waals surface area contributed by atoms with Crippen LogP contribution in [0.2, 0.25) is 5.02 Å². The maximum absolute atomic E-state index is 12.1. The van der Waals surface area contributed by atoms with Crippen LogP contribution in [0.3, 0.4) is 0 Å². The number of methoxy groups -OCH3 is 1. The van der Waals surface area contributed by atoms with Crippen LogP contribution < -0.4 is 10.2 Å². The summed E-state index contributed by atoms with van der Waals surface area (Å²) >= 11 is 8.12. The summed E-state index contributed by atoms with van der Waals surface area (Å²) in [4.78, 5) is 17.5. The second-order valence-electron chi connectivity index (χ2n) is 4.42. The van der Waals surface area contributed by atoms with E-state index in [-0.39, 0.29) is 12.0 Å². The number of nitrogens with one attached hydrogen (secondary N) is 1. The van der Waals surface area contributed by atoms with Crippen molar-refractivity contribution < 1.29 is 14.4 Å². The van der Waals surface area contributed by atoms with Gasteiger partial charge in [0.25, 0.3) is 5.91 Å². The van der Waals surface area contributed by atoms with E-state index in [1.807, 2.05) is 0 Å². The number of hydrogen-bond donors (Lipinski definition) is 1. The summed E-state index contributed by atoms with van der Waals surface area (Å²) in [5, 5.41) is 0.521. The molecular formula is C13H15ClINO3. The van der Waals surface area contributed by atoms with Gasteiger partial charge >= 0.3 is 0 Å². The molecule has 19 heavy (non-hydrogen) atoms. The third-order valence-corrected chi connectivity index (χ3v) is 4.63. The number of carbonyl (C=O) groups excluding carboxylic acids is 1. The Bertz CT molecular complexity index is 475. The van der Waals surface area contributed by atoms with Crippen LogP contribution in [0.4, 0.5) is 0 Å². The van der Waals surface area contributed by atoms with Crippen molar-refractivity contribution in [2.45, 2.75) is 31.8 Å². The molecule has 0 saturated heterocycles. The maximum atomic E-state index is 12.1. The van der Waals surface area contributed by atoms with Crippen LogP contribution in [-0.4, -0.2) is 19.1 Å². The molecule has 0 aliphatic heterocycles. The van der Waals surface area contributed by atoms with E-state index >= 15 is 0 Å². The molecule has 0 aromatic heterocycles. The first-order chi connectivity index (χ1) is 9.11. The number of benzene rings is 1. The van der Waals surface area contributed by atoms with Gasteiger partial charge in [-0.05, 0) is 47.6 Å². The van der Waals surface area contributed by atoms with Gasteiger partial charge in [0.2, 0.25) is 0 Å². The number of hydroxylamine groups is 1. The largest absolute Gasteiger partial charge is 0.496 e. The molecule has 0 bridgehead atoms. The highest BCUT2D eigenvalue weighted by molar-refractivity contribution is 14.1. The summed E-state index contributed by atoms with van der Waals surface area (Å²) < 4.78 is 6.03. The highest BCUT2D eigenvalue weighted by Gasteiger charge is 2.19. The maximum Gasteiger partial charge on any atom is 0.278 e. The fourth-order valence-electron chi connectivity index (χ4n) is 2.07. The van der Waals surface area contributed by atoms with Gasteiger partial charge in [0.05, 0.1) is 23.8 Å². The topological polar surface area (TPSA) is 47.6 Å². The summed E-state index contributed by atoms with van der Waals surface area (Å²) in [6.07, 6.45) is 4.41. The molecule has 4 nitrogen and oxygen atoms in total. The van der Waals surface area contributed by atoms with Crippen molar-refractivity contribution in [3.63, 3.8) is 0 Å². The summed E-state index contributed by atoms with van der Waals surface area (Å²) in [5.74, 6) is 0.156. The lowest BCUT2D eigenvalue weighted by Crippen LogP contribution is -2.28. The van der Waals surface area contributed by atoms with Crippen molar-refractivity contribution in [2.24, 2.45) is 0 Å². The zero-order chi connectivity index (χ0) is 13.8. The molecule has 0 unspecified atom stereocenters. The van der Waals surface area contributed by atoms with E-state index in [9.17, 15) is 4.79 Å². The number of rotatable bonds is 4. The van der Waals surface area contributed by atoms with E-state index in [4.69, 9.17) is 21.2 Å². The molecule has 1 N–H and O–H groups in total. The Kier molecular flexibility index (Phi) is 5.29. The van der Waals surface area contributed by atoms with Gasteiger partial charge in [-0.15, -0.1) is 0 Å². The summed E-state index contributed by atoms with van der Waals surface area (Å²) in [6.45, 7) is 0. The van der Waals surface area contributed by atoms with Gasteiger partial charge < -0.3 is 4.74 Å². The summed E-state index contributed by atoms with van der Waals surface area (Å²) in [5.41, 5.74) is 2.86. The Morgan fingerprint density at radius 3 is 2.74 bits per heavy atom. The van der Waals surface area contributed by atoms with Gasteiger partial charge in [-0.3, -0.25) is 9.63 Å². The van der Waals surface area contributed by atoms with Gasteiger partial charge in [-0.25, -0.2) is 5.48 Å². The van der Waals surface area contributed by atoms with E-state index in [0.717, 1.165) is 29.3 Å². The quantitative estimate of drug-likeness (QED) is 0.626. The highest BCUT2D eigenvalue weighted by Crippen LogP contribution is 2.28. The van der Waals surface area contributed by atoms with Crippen LogP contribution in [0.15, 0.2) is 12.1 Å². The van der Waals surface area contributed by atoms with Gasteiger partial charge in [0.15, 0.2) is 0 Å². The smallest absolute Gasteiger partial charge is 0.278 e. The first kappa shape index (κ1) is 14.9. The Morgan fingerprint density at radius 1 is 1.42 bits per heavy atom. The van der Waals surface area contributed by atoms with Crippen molar-refractivity contribution in [1.29, 1.82) is 0 Å². The molecular weight excluding hydrogens is 381 g/mol. The number of ether oxygens (including phenoxy) is 1. The molecule has 1 aliphatic carbocycles. The average molecular weight is 396 g/mol. The van der Waals surface area contributed by atoms with Crippen molar-refractivity contribution in [1.82, 2.24) is 5.48 Å². The average Bonchev–Trinajstić information content (AvgIpc) is 2.91. The molecule has 1 aromatic carbocycles. The number of halogens is 2. The second-order valence-corrected chi connectivity index (χ2v) is 5.99. The summed E-state index contributed by atoms with van der Waals surface area (Å²) in [7, 11) is 1.52. The molecule has 1 aromatic rings. The minimum atomic E-state index is -0.331. The fraction of sp³-hybridized carbons (Fsp3) is 0.462. The fourth-order valence-corrected chi connectivity index (χ4v) is 2.68. The van der Waals surface area contributed by atoms with E-state index in [1.165, 1.54) is 7.11 Å². The minimum absolute atomic E-state index is 0.120. The highest BCUT2D eigenvalue weighted by atomic mass is 127. The van der Waals surface area contributed by atoms with Crippen LogP contribution in [0.5, 0.6) is 5.75 Å². The molecule has 2 rings (SSSR count). The molecule has 0 radical (unpaired) electrons. The third-order valence-electron chi connectivity index (χ3n) is 3.11. The number of carbonyl (C=O) groups is 1. The van der Waals surface area contributed by atoms with Crippen molar-refractivity contribution >= 4 is 40.1 Å². The standard InChI is InChI=1S/C13H15ClINO3/c1-18-12-7-11(15)10(14)6-9(12)13(17)16-19-8-4-2-3-5-8/h6-8H,2-5H2,1H3,(H,16,17). The predicted molar refractivity (Wildman–Crippen MR) is 81.5 cm³/mol. The van der Waals surface area contributed by atoms with Gasteiger partial charge in [-0.2, -0.15) is 0 Å². The molecule has 0 atom stereocenters. The van der Waals surface area contributed by atoms with Crippen LogP contribution in [0.1, 0.15) is 36.0 Å². The molecule has 6 heteroatoms. The third kappa shape index (κ3) is 3.73. The predicted octanol–water partition coefficient (Wildman–Crippen LogP) is 3.56. The molecule has 0 spiro atoms. The minimum Gasteiger partial charge on any atom is -0.496 e. The number of amides is 1. The normalized spacial score (nSPS) is 15.5. The van der Waals surface area contributed by atoms with Crippen molar-refractivity contribution in [3.05, 3.63) is 26.3 Å². The van der Waals surface area contributed by atoms with Crippen molar-refractivity contribution in [3.8, 4) is 5.75 Å². The van der Waals surface area contributed by atoms with Crippen LogP contribution in [-0.2, 0) is 4.84 Å². The second kappa shape index (κ2) is 6.76. The molecule has 1 saturated carbocycles. The number of hydrogen-bond acceptors (Lipinski definition) is 3. The lowest BCUT2D eigenvalue weighted by molar-refractivity contribution is -0.0126. The molecule has 1 fully saturated rings. The monoisotopic (exact) mass is 395 g/mol. The Balaban J connectivity index is 2.07. The lowest BCUT2D eigenvalue weighted by Gasteiger charge is -2.13. The summed E-state index contributed by atoms with van der Waals surface area (Å²) in [6, 6.07) is 3.32. The van der Waals surface area contributed by atoms with E-state index in [1.54, 1.807) is 12.1 Å². The first-order valence-electron chi connectivity index (χ1n) is 6.11.